The zero-order valence-corrected chi connectivity index (χ0v) is 7.95. The molecule has 1 aromatic carbocycles. The summed E-state index contributed by atoms with van der Waals surface area (Å²) in [6, 6.07) is 5.16. The van der Waals surface area contributed by atoms with Gasteiger partial charge in [-0.1, -0.05) is 18.7 Å². The summed E-state index contributed by atoms with van der Waals surface area (Å²) in [7, 11) is 0. The Hall–Kier alpha value is -1.44. The molecule has 0 amide bonds. The van der Waals surface area contributed by atoms with Gasteiger partial charge in [-0.25, -0.2) is 0 Å². The number of rotatable bonds is 3. The van der Waals surface area contributed by atoms with Gasteiger partial charge in [0, 0.05) is 0 Å². The molecular weight excluding hydrogens is 164 g/mol. The maximum atomic E-state index is 9.42. The molecule has 1 aromatic rings. The van der Waals surface area contributed by atoms with Crippen molar-refractivity contribution in [2.45, 2.75) is 20.0 Å². The Kier molecular flexibility index (Phi) is 2.96. The fraction of sp³-hybridized carbons (Fsp3) is 0.273. The third-order valence-corrected chi connectivity index (χ3v) is 1.58. The topological polar surface area (TPSA) is 29.5 Å². The SMILES string of the molecule is C=Cc1ccc(O)c(OC(C)C)c1. The summed E-state index contributed by atoms with van der Waals surface area (Å²) in [6.07, 6.45) is 1.78. The van der Waals surface area contributed by atoms with Crippen LogP contribution in [0.1, 0.15) is 19.4 Å². The Morgan fingerprint density at radius 3 is 2.69 bits per heavy atom. The van der Waals surface area contributed by atoms with Gasteiger partial charge < -0.3 is 9.84 Å². The third-order valence-electron chi connectivity index (χ3n) is 1.58. The molecule has 0 unspecified atom stereocenters. The van der Waals surface area contributed by atoms with Gasteiger partial charge in [-0.3, -0.25) is 0 Å². The summed E-state index contributed by atoms with van der Waals surface area (Å²) < 4.78 is 5.39. The highest BCUT2D eigenvalue weighted by atomic mass is 16.5. The van der Waals surface area contributed by atoms with E-state index in [-0.39, 0.29) is 11.9 Å². The zero-order valence-electron chi connectivity index (χ0n) is 7.95. The van der Waals surface area contributed by atoms with Crippen LogP contribution in [-0.4, -0.2) is 11.2 Å². The average molecular weight is 178 g/mol. The van der Waals surface area contributed by atoms with E-state index in [1.54, 1.807) is 24.3 Å². The summed E-state index contributed by atoms with van der Waals surface area (Å²) in [5.41, 5.74) is 0.938. The summed E-state index contributed by atoms with van der Waals surface area (Å²) in [6.45, 7) is 7.48. The molecule has 2 heteroatoms. The molecule has 0 heterocycles. The first-order valence-electron chi connectivity index (χ1n) is 4.25. The molecule has 70 valence electrons. The van der Waals surface area contributed by atoms with Crippen molar-refractivity contribution in [3.8, 4) is 11.5 Å². The molecule has 0 aliphatic rings. The second kappa shape index (κ2) is 3.99. The molecule has 1 N–H and O–H groups in total. The molecule has 0 aliphatic carbocycles. The van der Waals surface area contributed by atoms with Crippen molar-refractivity contribution in [2.24, 2.45) is 0 Å². The Morgan fingerprint density at radius 2 is 2.15 bits per heavy atom. The lowest BCUT2D eigenvalue weighted by Crippen LogP contribution is -2.05. The molecule has 0 spiro atoms. The van der Waals surface area contributed by atoms with Gasteiger partial charge in [0.25, 0.3) is 0 Å². The number of ether oxygens (including phenoxy) is 1. The molecule has 0 aromatic heterocycles. The molecule has 0 fully saturated rings. The van der Waals surface area contributed by atoms with Crippen LogP contribution >= 0.6 is 0 Å². The molecule has 13 heavy (non-hydrogen) atoms. The second-order valence-corrected chi connectivity index (χ2v) is 3.10. The quantitative estimate of drug-likeness (QED) is 0.771. The number of benzene rings is 1. The highest BCUT2D eigenvalue weighted by Gasteiger charge is 2.04. The first kappa shape index (κ1) is 9.65. The van der Waals surface area contributed by atoms with Gasteiger partial charge in [-0.05, 0) is 31.5 Å². The van der Waals surface area contributed by atoms with Crippen LogP contribution in [0, 0.1) is 0 Å². The van der Waals surface area contributed by atoms with Crippen LogP contribution in [0.2, 0.25) is 0 Å². The van der Waals surface area contributed by atoms with Crippen molar-refractivity contribution in [1.29, 1.82) is 0 Å². The van der Waals surface area contributed by atoms with Gasteiger partial charge in [0.2, 0.25) is 0 Å². The van der Waals surface area contributed by atoms with Gasteiger partial charge >= 0.3 is 0 Å². The Bertz CT molecular complexity index is 303. The standard InChI is InChI=1S/C11H14O2/c1-4-9-5-6-10(12)11(7-9)13-8(2)3/h4-8,12H,1H2,2-3H3. The van der Waals surface area contributed by atoms with E-state index in [0.717, 1.165) is 5.56 Å². The highest BCUT2D eigenvalue weighted by Crippen LogP contribution is 2.27. The lowest BCUT2D eigenvalue weighted by Gasteiger charge is -2.11. The smallest absolute Gasteiger partial charge is 0.161 e. The Morgan fingerprint density at radius 1 is 1.46 bits per heavy atom. The number of phenols is 1. The maximum absolute atomic E-state index is 9.42. The van der Waals surface area contributed by atoms with E-state index >= 15 is 0 Å². The minimum atomic E-state index is 0.0611. The lowest BCUT2D eigenvalue weighted by molar-refractivity contribution is 0.232. The van der Waals surface area contributed by atoms with Gasteiger partial charge in [-0.15, -0.1) is 0 Å². The van der Waals surface area contributed by atoms with E-state index in [0.29, 0.717) is 5.75 Å². The zero-order chi connectivity index (χ0) is 9.84. The summed E-state index contributed by atoms with van der Waals surface area (Å²) in [5.74, 6) is 0.673. The number of hydrogen-bond donors (Lipinski definition) is 1. The molecule has 1 rings (SSSR count). The summed E-state index contributed by atoms with van der Waals surface area (Å²) in [4.78, 5) is 0. The molecule has 0 bridgehead atoms. The van der Waals surface area contributed by atoms with E-state index in [1.165, 1.54) is 0 Å². The van der Waals surface area contributed by atoms with E-state index < -0.39 is 0 Å². The van der Waals surface area contributed by atoms with Gasteiger partial charge in [0.15, 0.2) is 11.5 Å². The third kappa shape index (κ3) is 2.51. The first-order valence-corrected chi connectivity index (χ1v) is 4.25. The van der Waals surface area contributed by atoms with E-state index in [9.17, 15) is 5.11 Å². The van der Waals surface area contributed by atoms with Crippen LogP contribution < -0.4 is 4.74 Å². The van der Waals surface area contributed by atoms with Crippen LogP contribution in [0.25, 0.3) is 6.08 Å². The molecule has 0 saturated carbocycles. The van der Waals surface area contributed by atoms with Crippen molar-refractivity contribution in [1.82, 2.24) is 0 Å². The average Bonchev–Trinajstić information content (AvgIpc) is 2.08. The fourth-order valence-electron chi connectivity index (χ4n) is 1.01. The monoisotopic (exact) mass is 178 g/mol. The van der Waals surface area contributed by atoms with Crippen molar-refractivity contribution in [2.75, 3.05) is 0 Å². The van der Waals surface area contributed by atoms with Crippen LogP contribution in [-0.2, 0) is 0 Å². The summed E-state index contributed by atoms with van der Waals surface area (Å²) >= 11 is 0. The van der Waals surface area contributed by atoms with Crippen molar-refractivity contribution >= 4 is 6.08 Å². The molecule has 0 radical (unpaired) electrons. The van der Waals surface area contributed by atoms with E-state index in [1.807, 2.05) is 13.8 Å². The van der Waals surface area contributed by atoms with Crippen LogP contribution in [0.5, 0.6) is 11.5 Å². The molecular formula is C11H14O2. The van der Waals surface area contributed by atoms with Gasteiger partial charge in [0.1, 0.15) is 0 Å². The second-order valence-electron chi connectivity index (χ2n) is 3.10. The number of aromatic hydroxyl groups is 1. The number of phenolic OH excluding ortho intramolecular Hbond substituents is 1. The fourth-order valence-corrected chi connectivity index (χ4v) is 1.01. The van der Waals surface area contributed by atoms with Gasteiger partial charge in [-0.2, -0.15) is 0 Å². The Labute approximate surface area is 78.5 Å². The highest BCUT2D eigenvalue weighted by molar-refractivity contribution is 5.54. The lowest BCUT2D eigenvalue weighted by atomic mass is 10.2. The molecule has 0 aliphatic heterocycles. The van der Waals surface area contributed by atoms with E-state index in [4.69, 9.17) is 4.74 Å². The number of hydrogen-bond acceptors (Lipinski definition) is 2. The maximum Gasteiger partial charge on any atom is 0.161 e. The molecule has 0 saturated heterocycles. The Balaban J connectivity index is 2.96. The molecule has 2 nitrogen and oxygen atoms in total. The predicted molar refractivity (Wildman–Crippen MR) is 54.0 cm³/mol. The minimum Gasteiger partial charge on any atom is -0.504 e. The first-order chi connectivity index (χ1) is 6.13. The predicted octanol–water partition coefficient (Wildman–Crippen LogP) is 2.82. The van der Waals surface area contributed by atoms with Crippen LogP contribution in [0.3, 0.4) is 0 Å². The largest absolute Gasteiger partial charge is 0.504 e. The van der Waals surface area contributed by atoms with Crippen LogP contribution in [0.4, 0.5) is 0 Å². The minimum absolute atomic E-state index is 0.0611. The summed E-state index contributed by atoms with van der Waals surface area (Å²) in [5, 5.41) is 9.42. The van der Waals surface area contributed by atoms with Crippen molar-refractivity contribution in [3.05, 3.63) is 30.3 Å². The normalized spacial score (nSPS) is 10.1. The van der Waals surface area contributed by atoms with Crippen LogP contribution in [0.15, 0.2) is 24.8 Å². The van der Waals surface area contributed by atoms with Gasteiger partial charge in [0.05, 0.1) is 6.10 Å². The van der Waals surface area contributed by atoms with Crippen molar-refractivity contribution < 1.29 is 9.84 Å². The molecule has 0 atom stereocenters. The van der Waals surface area contributed by atoms with Crippen molar-refractivity contribution in [3.63, 3.8) is 0 Å². The van der Waals surface area contributed by atoms with E-state index in [2.05, 4.69) is 6.58 Å².